The molecule has 1 aromatic carbocycles. The number of hydrogen-bond acceptors (Lipinski definition) is 2. The van der Waals surface area contributed by atoms with Crippen molar-refractivity contribution in [3.8, 4) is 0 Å². The summed E-state index contributed by atoms with van der Waals surface area (Å²) in [6.45, 7) is 0. The Bertz CT molecular complexity index is 492. The molecule has 0 saturated heterocycles. The number of halogens is 4. The first-order valence-corrected chi connectivity index (χ1v) is 5.56. The highest BCUT2D eigenvalue weighted by molar-refractivity contribution is 14.1. The molecule has 15 heavy (non-hydrogen) atoms. The largest absolute Gasteiger partial charge is 0.440 e. The van der Waals surface area contributed by atoms with Crippen LogP contribution in [0.3, 0.4) is 0 Å². The van der Waals surface area contributed by atoms with Crippen LogP contribution >= 0.6 is 22.6 Å². The van der Waals surface area contributed by atoms with E-state index in [1.807, 2.05) is 22.6 Å². The van der Waals surface area contributed by atoms with Crippen LogP contribution in [0.15, 0.2) is 22.6 Å². The summed E-state index contributed by atoms with van der Waals surface area (Å²) in [4.78, 5) is 3.93. The second-order valence-corrected chi connectivity index (χ2v) is 3.68. The van der Waals surface area contributed by atoms with Gasteiger partial charge in [0.05, 0.1) is 9.99 Å². The fourth-order valence-corrected chi connectivity index (χ4v) is 1.53. The van der Waals surface area contributed by atoms with Crippen LogP contribution in [-0.4, -0.2) is 4.98 Å². The summed E-state index contributed by atoms with van der Waals surface area (Å²) in [6, 6.07) is 3.28. The number of rotatable bonds is 1. The average molecular weight is 327 g/mol. The van der Waals surface area contributed by atoms with Crippen molar-refractivity contribution in [2.24, 2.45) is 0 Å². The van der Waals surface area contributed by atoms with E-state index in [-0.39, 0.29) is 5.52 Å². The Balaban J connectivity index is 2.55. The van der Waals surface area contributed by atoms with E-state index in [0.29, 0.717) is 15.9 Å². The van der Waals surface area contributed by atoms with Gasteiger partial charge in [-0.1, -0.05) is 22.6 Å². The molecule has 80 valence electrons. The molecule has 0 fully saturated rings. The molecule has 0 aliphatic rings. The SMILES string of the molecule is FC(F)(F)c1ccc2oc(CI)nc2c1. The lowest BCUT2D eigenvalue weighted by atomic mass is 10.2. The Labute approximate surface area is 96.6 Å². The van der Waals surface area contributed by atoms with Crippen molar-refractivity contribution in [1.82, 2.24) is 4.98 Å². The van der Waals surface area contributed by atoms with Gasteiger partial charge in [-0.3, -0.25) is 0 Å². The summed E-state index contributed by atoms with van der Waals surface area (Å²) in [7, 11) is 0. The number of alkyl halides is 4. The van der Waals surface area contributed by atoms with Gasteiger partial charge in [-0.15, -0.1) is 0 Å². The van der Waals surface area contributed by atoms with Crippen molar-refractivity contribution in [2.45, 2.75) is 10.6 Å². The third kappa shape index (κ3) is 2.09. The number of benzene rings is 1. The quantitative estimate of drug-likeness (QED) is 0.588. The van der Waals surface area contributed by atoms with Gasteiger partial charge in [-0.25, -0.2) is 4.98 Å². The van der Waals surface area contributed by atoms with Crippen molar-refractivity contribution in [1.29, 1.82) is 0 Å². The number of fused-ring (bicyclic) bond motifs is 1. The Kier molecular flexibility index (Phi) is 2.61. The maximum Gasteiger partial charge on any atom is 0.416 e. The van der Waals surface area contributed by atoms with Crippen LogP contribution in [0.2, 0.25) is 0 Å². The molecule has 2 rings (SSSR count). The molecule has 6 heteroatoms. The molecular formula is C9H5F3INO. The topological polar surface area (TPSA) is 26.0 Å². The molecule has 1 heterocycles. The van der Waals surface area contributed by atoms with E-state index in [1.165, 1.54) is 6.07 Å². The van der Waals surface area contributed by atoms with Crippen molar-refractivity contribution < 1.29 is 17.6 Å². The van der Waals surface area contributed by atoms with Gasteiger partial charge in [0.2, 0.25) is 5.89 Å². The first-order valence-electron chi connectivity index (χ1n) is 4.03. The third-order valence-corrected chi connectivity index (χ3v) is 2.53. The molecular weight excluding hydrogens is 322 g/mol. The molecule has 1 aromatic heterocycles. The maximum atomic E-state index is 12.3. The Morgan fingerprint density at radius 2 is 2.07 bits per heavy atom. The van der Waals surface area contributed by atoms with Crippen LogP contribution in [0, 0.1) is 0 Å². The smallest absolute Gasteiger partial charge is 0.416 e. The van der Waals surface area contributed by atoms with Gasteiger partial charge in [-0.2, -0.15) is 13.2 Å². The van der Waals surface area contributed by atoms with Crippen LogP contribution in [0.1, 0.15) is 11.5 Å². The van der Waals surface area contributed by atoms with E-state index in [4.69, 9.17) is 4.42 Å². The first-order chi connectivity index (χ1) is 7.00. The van der Waals surface area contributed by atoms with Crippen LogP contribution in [0.5, 0.6) is 0 Å². The standard InChI is InChI=1S/C9H5F3INO/c10-9(11,12)5-1-2-7-6(3-5)14-8(4-13)15-7/h1-3H,4H2. The Hall–Kier alpha value is -0.790. The minimum absolute atomic E-state index is 0.247. The summed E-state index contributed by atoms with van der Waals surface area (Å²) in [6.07, 6.45) is -4.34. The molecule has 2 aromatic rings. The van der Waals surface area contributed by atoms with Crippen molar-refractivity contribution in [3.05, 3.63) is 29.7 Å². The highest BCUT2D eigenvalue weighted by atomic mass is 127. The lowest BCUT2D eigenvalue weighted by Crippen LogP contribution is -2.03. The highest BCUT2D eigenvalue weighted by Gasteiger charge is 2.30. The van der Waals surface area contributed by atoms with Crippen LogP contribution < -0.4 is 0 Å². The van der Waals surface area contributed by atoms with Crippen LogP contribution in [0.25, 0.3) is 11.1 Å². The van der Waals surface area contributed by atoms with Gasteiger partial charge in [0.15, 0.2) is 5.58 Å². The normalized spacial score (nSPS) is 12.3. The highest BCUT2D eigenvalue weighted by Crippen LogP contribution is 2.31. The molecule has 0 N–H and O–H groups in total. The Morgan fingerprint density at radius 1 is 1.33 bits per heavy atom. The van der Waals surface area contributed by atoms with E-state index in [0.717, 1.165) is 12.1 Å². The van der Waals surface area contributed by atoms with Crippen molar-refractivity contribution in [3.63, 3.8) is 0 Å². The maximum absolute atomic E-state index is 12.3. The molecule has 2 nitrogen and oxygen atoms in total. The summed E-state index contributed by atoms with van der Waals surface area (Å²) >= 11 is 2.03. The average Bonchev–Trinajstić information content (AvgIpc) is 2.57. The lowest BCUT2D eigenvalue weighted by molar-refractivity contribution is -0.137. The van der Waals surface area contributed by atoms with Gasteiger partial charge in [0.25, 0.3) is 0 Å². The monoisotopic (exact) mass is 327 g/mol. The van der Waals surface area contributed by atoms with Gasteiger partial charge in [0, 0.05) is 0 Å². The van der Waals surface area contributed by atoms with E-state index in [9.17, 15) is 13.2 Å². The molecule has 0 unspecified atom stereocenters. The number of oxazole rings is 1. The molecule has 0 atom stereocenters. The summed E-state index contributed by atoms with van der Waals surface area (Å²) in [5.74, 6) is 0.435. The molecule has 0 spiro atoms. The summed E-state index contributed by atoms with van der Waals surface area (Å²) < 4.78 is 42.8. The lowest BCUT2D eigenvalue weighted by Gasteiger charge is -2.04. The molecule has 0 radical (unpaired) electrons. The number of aromatic nitrogens is 1. The van der Waals surface area contributed by atoms with Gasteiger partial charge < -0.3 is 4.42 Å². The van der Waals surface area contributed by atoms with E-state index >= 15 is 0 Å². The molecule has 0 aliphatic heterocycles. The predicted molar refractivity (Wildman–Crippen MR) is 56.7 cm³/mol. The third-order valence-electron chi connectivity index (χ3n) is 1.87. The zero-order valence-corrected chi connectivity index (χ0v) is 9.46. The summed E-state index contributed by atoms with van der Waals surface area (Å²) in [5.41, 5.74) is -0.0746. The van der Waals surface area contributed by atoms with Crippen LogP contribution in [-0.2, 0) is 10.6 Å². The fourth-order valence-electron chi connectivity index (χ4n) is 1.21. The van der Waals surface area contributed by atoms with Gasteiger partial charge in [-0.05, 0) is 18.2 Å². The van der Waals surface area contributed by atoms with Crippen LogP contribution in [0.4, 0.5) is 13.2 Å². The molecule has 0 saturated carbocycles. The van der Waals surface area contributed by atoms with E-state index < -0.39 is 11.7 Å². The van der Waals surface area contributed by atoms with Gasteiger partial charge in [0.1, 0.15) is 5.52 Å². The zero-order valence-electron chi connectivity index (χ0n) is 7.31. The van der Waals surface area contributed by atoms with Crippen molar-refractivity contribution in [2.75, 3.05) is 0 Å². The second kappa shape index (κ2) is 3.66. The number of nitrogens with zero attached hydrogens (tertiary/aromatic N) is 1. The second-order valence-electron chi connectivity index (χ2n) is 2.92. The predicted octanol–water partition coefficient (Wildman–Crippen LogP) is 3.78. The molecule has 0 aliphatic carbocycles. The number of hydrogen-bond donors (Lipinski definition) is 0. The van der Waals surface area contributed by atoms with Crippen molar-refractivity contribution >= 4 is 33.7 Å². The fraction of sp³-hybridized carbons (Fsp3) is 0.222. The minimum Gasteiger partial charge on any atom is -0.440 e. The minimum atomic E-state index is -4.34. The summed E-state index contributed by atoms with van der Waals surface area (Å²) in [5, 5.41) is 0. The molecule has 0 bridgehead atoms. The molecule has 0 amide bonds. The zero-order chi connectivity index (χ0) is 11.1. The first kappa shape index (κ1) is 10.7. The Morgan fingerprint density at radius 3 is 2.67 bits per heavy atom. The van der Waals surface area contributed by atoms with Gasteiger partial charge >= 0.3 is 6.18 Å². The van der Waals surface area contributed by atoms with E-state index in [1.54, 1.807) is 0 Å². The van der Waals surface area contributed by atoms with E-state index in [2.05, 4.69) is 4.98 Å².